The molecule has 0 aromatic heterocycles. The van der Waals surface area contributed by atoms with Crippen molar-refractivity contribution in [3.8, 4) is 0 Å². The first kappa shape index (κ1) is 28.0. The van der Waals surface area contributed by atoms with E-state index in [0.29, 0.717) is 12.2 Å². The van der Waals surface area contributed by atoms with Crippen LogP contribution in [0.1, 0.15) is 0 Å². The molecule has 2 rings (SSSR count). The molecule has 2 fully saturated rings. The number of ether oxygens (including phenoxy) is 3. The highest BCUT2D eigenvalue weighted by atomic mass is 19.4. The number of halogens is 12. The van der Waals surface area contributed by atoms with Gasteiger partial charge in [-0.05, 0) is 0 Å². The lowest BCUT2D eigenvalue weighted by molar-refractivity contribution is -0.428. The molecule has 2 atom stereocenters. The summed E-state index contributed by atoms with van der Waals surface area (Å²) >= 11 is 0. The number of hydrogen-bond acceptors (Lipinski definition) is 5. The van der Waals surface area contributed by atoms with Crippen molar-refractivity contribution in [2.45, 2.75) is 47.7 Å². The second-order valence-electron chi connectivity index (χ2n) is 6.47. The normalized spacial score (nSPS) is 22.6. The number of epoxide rings is 2. The molecular formula is C14H16F12O5. The van der Waals surface area contributed by atoms with E-state index in [9.17, 15) is 52.7 Å². The quantitative estimate of drug-likeness (QED) is 0.343. The molecule has 186 valence electrons. The molecule has 0 aromatic rings. The van der Waals surface area contributed by atoms with E-state index in [4.69, 9.17) is 24.4 Å². The Morgan fingerprint density at radius 2 is 0.839 bits per heavy atom. The lowest BCUT2D eigenvalue weighted by Crippen LogP contribution is -2.71. The number of hydrogen-bond donors (Lipinski definition) is 2. The van der Waals surface area contributed by atoms with Crippen molar-refractivity contribution in [1.29, 1.82) is 0 Å². The van der Waals surface area contributed by atoms with Gasteiger partial charge in [-0.15, -0.1) is 0 Å². The highest BCUT2D eigenvalue weighted by Crippen LogP contribution is 2.59. The molecule has 0 radical (unpaired) electrons. The summed E-state index contributed by atoms with van der Waals surface area (Å²) in [7, 11) is 0. The van der Waals surface area contributed by atoms with Crippen LogP contribution in [0.3, 0.4) is 0 Å². The molecule has 2 heterocycles. The molecule has 2 unspecified atom stereocenters. The van der Waals surface area contributed by atoms with E-state index in [1.54, 1.807) is 0 Å². The van der Waals surface area contributed by atoms with Gasteiger partial charge in [0.2, 0.25) is 0 Å². The van der Waals surface area contributed by atoms with E-state index in [0.717, 1.165) is 26.4 Å². The highest BCUT2D eigenvalue weighted by Gasteiger charge is 2.89. The Morgan fingerprint density at radius 1 is 0.581 bits per heavy atom. The van der Waals surface area contributed by atoms with Crippen LogP contribution in [0, 0.1) is 0 Å². The van der Waals surface area contributed by atoms with Crippen molar-refractivity contribution in [3.63, 3.8) is 0 Å². The average molecular weight is 492 g/mol. The van der Waals surface area contributed by atoms with Gasteiger partial charge in [0.15, 0.2) is 0 Å². The molecule has 0 spiro atoms. The van der Waals surface area contributed by atoms with Gasteiger partial charge < -0.3 is 24.4 Å². The van der Waals surface area contributed by atoms with Gasteiger partial charge >= 0.3 is 35.5 Å². The topological polar surface area (TPSA) is 74.8 Å². The molecule has 0 aromatic carbocycles. The van der Waals surface area contributed by atoms with Gasteiger partial charge in [0.05, 0.1) is 26.4 Å². The van der Waals surface area contributed by atoms with E-state index in [1.165, 1.54) is 0 Å². The van der Waals surface area contributed by atoms with Crippen LogP contribution in [0.15, 0.2) is 0 Å². The Hall–Kier alpha value is -1.04. The summed E-state index contributed by atoms with van der Waals surface area (Å²) in [4.78, 5) is 0. The van der Waals surface area contributed by atoms with Crippen LogP contribution < -0.4 is 0 Å². The summed E-state index contributed by atoms with van der Waals surface area (Å²) in [6, 6.07) is 0. The minimum atomic E-state index is -7.70. The lowest BCUT2D eigenvalue weighted by atomic mass is 9.92. The van der Waals surface area contributed by atoms with E-state index >= 15 is 0 Å². The van der Waals surface area contributed by atoms with Crippen LogP contribution in [0.2, 0.25) is 0 Å². The largest absolute Gasteiger partial charge is 0.390 e. The Morgan fingerprint density at radius 3 is 1.03 bits per heavy atom. The average Bonchev–Trinajstić information content (AvgIpc) is 3.57. The second kappa shape index (κ2) is 9.07. The molecule has 17 heteroatoms. The van der Waals surface area contributed by atoms with Crippen LogP contribution >= 0.6 is 0 Å². The van der Waals surface area contributed by atoms with Gasteiger partial charge in [-0.1, -0.05) is 0 Å². The fourth-order valence-electron chi connectivity index (χ4n) is 1.71. The second-order valence-corrected chi connectivity index (χ2v) is 6.47. The van der Waals surface area contributed by atoms with Gasteiger partial charge in [-0.3, -0.25) is 0 Å². The predicted molar refractivity (Wildman–Crippen MR) is 74.2 cm³/mol. The number of aliphatic hydroxyl groups is 2. The van der Waals surface area contributed by atoms with Gasteiger partial charge in [-0.2, -0.15) is 52.7 Å². The first-order valence-corrected chi connectivity index (χ1v) is 8.12. The lowest BCUT2D eigenvalue weighted by Gasteiger charge is -2.40. The minimum Gasteiger partial charge on any atom is -0.390 e. The number of rotatable bonds is 11. The molecule has 2 aliphatic rings. The molecule has 0 bridgehead atoms. The zero-order chi connectivity index (χ0) is 24.5. The van der Waals surface area contributed by atoms with Crippen molar-refractivity contribution in [2.75, 3.05) is 39.6 Å². The predicted octanol–water partition coefficient (Wildman–Crippen LogP) is 2.58. The molecule has 5 nitrogen and oxygen atoms in total. The van der Waals surface area contributed by atoms with Crippen molar-refractivity contribution in [3.05, 3.63) is 0 Å². The summed E-state index contributed by atoms with van der Waals surface area (Å²) in [5.41, 5.74) is 0. The number of aliphatic hydroxyl groups excluding tert-OH is 2. The van der Waals surface area contributed by atoms with E-state index in [-0.39, 0.29) is 0 Å². The van der Waals surface area contributed by atoms with E-state index in [2.05, 4.69) is 0 Å². The molecule has 2 N–H and O–H groups in total. The molecule has 2 aliphatic heterocycles. The maximum absolute atomic E-state index is 12.8. The summed E-state index contributed by atoms with van der Waals surface area (Å²) in [5, 5.41) is 15.6. The van der Waals surface area contributed by atoms with Crippen LogP contribution in [-0.4, -0.2) is 97.6 Å². The summed E-state index contributed by atoms with van der Waals surface area (Å²) in [6.45, 7) is -3.06. The third-order valence-corrected chi connectivity index (χ3v) is 3.91. The van der Waals surface area contributed by atoms with Crippen LogP contribution in [0.4, 0.5) is 52.7 Å². The Labute approximate surface area is 165 Å². The standard InChI is InChI=1S/C8H6F12O2.C6H10O3/c9-3(10,1-21)5(13,14)7(17,18)8(19,20)6(15,16)4(11,12)2-22;1(5-3-8-5)7-2-6-4-9-6/h21-22H,1-2H2;5-6H,1-4H2. The molecular weight excluding hydrogens is 476 g/mol. The Kier molecular flexibility index (Phi) is 8.19. The zero-order valence-corrected chi connectivity index (χ0v) is 15.1. The maximum atomic E-state index is 12.8. The molecule has 0 aliphatic carbocycles. The summed E-state index contributed by atoms with van der Waals surface area (Å²) in [6.07, 6.45) is 0.785. The van der Waals surface area contributed by atoms with Crippen molar-refractivity contribution < 1.29 is 77.1 Å². The third-order valence-electron chi connectivity index (χ3n) is 3.91. The molecule has 0 amide bonds. The third kappa shape index (κ3) is 5.48. The summed E-state index contributed by atoms with van der Waals surface area (Å²) in [5.74, 6) is -42.7. The molecule has 2 saturated heterocycles. The van der Waals surface area contributed by atoms with Crippen molar-refractivity contribution >= 4 is 0 Å². The Balaban J connectivity index is 0.000000432. The van der Waals surface area contributed by atoms with Gasteiger partial charge in [0.25, 0.3) is 0 Å². The van der Waals surface area contributed by atoms with Crippen LogP contribution in [0.25, 0.3) is 0 Å². The smallest absolute Gasteiger partial charge is 0.384 e. The summed E-state index contributed by atoms with van der Waals surface area (Å²) < 4.78 is 167. The molecule has 31 heavy (non-hydrogen) atoms. The zero-order valence-electron chi connectivity index (χ0n) is 15.1. The molecule has 0 saturated carbocycles. The van der Waals surface area contributed by atoms with Crippen molar-refractivity contribution in [2.24, 2.45) is 0 Å². The monoisotopic (exact) mass is 492 g/mol. The Bertz CT molecular complexity index is 542. The number of alkyl halides is 12. The van der Waals surface area contributed by atoms with E-state index < -0.39 is 48.7 Å². The SMILES string of the molecule is C(OCC1CO1)C1CO1.OCC(F)(F)C(F)(F)C(F)(F)C(F)(F)C(F)(F)C(F)(F)CO. The van der Waals surface area contributed by atoms with Gasteiger partial charge in [0, 0.05) is 0 Å². The van der Waals surface area contributed by atoms with Crippen LogP contribution in [0.5, 0.6) is 0 Å². The van der Waals surface area contributed by atoms with Crippen molar-refractivity contribution in [1.82, 2.24) is 0 Å². The fraction of sp³-hybridized carbons (Fsp3) is 1.00. The first-order valence-electron chi connectivity index (χ1n) is 8.12. The van der Waals surface area contributed by atoms with Gasteiger partial charge in [0.1, 0.15) is 25.4 Å². The van der Waals surface area contributed by atoms with Gasteiger partial charge in [-0.25, -0.2) is 0 Å². The van der Waals surface area contributed by atoms with Crippen LogP contribution in [-0.2, 0) is 14.2 Å². The highest BCUT2D eigenvalue weighted by molar-refractivity contribution is 5.11. The maximum Gasteiger partial charge on any atom is 0.384 e. The minimum absolute atomic E-state index is 0.392. The van der Waals surface area contributed by atoms with E-state index in [1.807, 2.05) is 0 Å². The fourth-order valence-corrected chi connectivity index (χ4v) is 1.71. The first-order chi connectivity index (χ1) is 13.8.